The number of aryl methyl sites for hydroxylation is 1. The lowest BCUT2D eigenvalue weighted by molar-refractivity contribution is -0.141. The number of anilines is 2. The van der Waals surface area contributed by atoms with Crippen LogP contribution in [0.3, 0.4) is 0 Å². The van der Waals surface area contributed by atoms with Gasteiger partial charge < -0.3 is 24.4 Å². The quantitative estimate of drug-likeness (QED) is 0.373. The van der Waals surface area contributed by atoms with Crippen LogP contribution in [0.25, 0.3) is 11.2 Å². The third-order valence-electron chi connectivity index (χ3n) is 6.50. The maximum absolute atomic E-state index is 13.3. The molecule has 10 nitrogen and oxygen atoms in total. The molecule has 0 spiro atoms. The van der Waals surface area contributed by atoms with Crippen LogP contribution < -0.4 is 10.2 Å². The van der Waals surface area contributed by atoms with Crippen LogP contribution in [-0.4, -0.2) is 69.6 Å². The first-order chi connectivity index (χ1) is 18.4. The minimum atomic E-state index is -0.411. The van der Waals surface area contributed by atoms with Gasteiger partial charge in [0.1, 0.15) is 12.4 Å². The molecule has 11 heteroatoms. The zero-order chi connectivity index (χ0) is 26.6. The van der Waals surface area contributed by atoms with Crippen molar-refractivity contribution in [2.75, 3.05) is 43.5 Å². The van der Waals surface area contributed by atoms with Crippen molar-refractivity contribution in [1.29, 1.82) is 0 Å². The highest BCUT2D eigenvalue weighted by Crippen LogP contribution is 2.24. The van der Waals surface area contributed by atoms with E-state index in [4.69, 9.17) is 14.7 Å². The molecule has 1 aliphatic heterocycles. The molecule has 0 atom stereocenters. The molecule has 2 aromatic heterocycles. The third kappa shape index (κ3) is 5.41. The minimum absolute atomic E-state index is 0.0270. The van der Waals surface area contributed by atoms with Gasteiger partial charge in [-0.2, -0.15) is 9.97 Å². The van der Waals surface area contributed by atoms with Gasteiger partial charge in [0.25, 0.3) is 5.91 Å². The van der Waals surface area contributed by atoms with Gasteiger partial charge in [-0.1, -0.05) is 29.8 Å². The molecule has 5 rings (SSSR count). The van der Waals surface area contributed by atoms with Gasteiger partial charge in [0.2, 0.25) is 5.95 Å². The fourth-order valence-corrected chi connectivity index (χ4v) is 4.29. The van der Waals surface area contributed by atoms with Gasteiger partial charge in [-0.05, 0) is 36.8 Å². The first kappa shape index (κ1) is 25.1. The molecule has 0 saturated carbocycles. The number of methoxy groups -OCH3 is 1. The van der Waals surface area contributed by atoms with E-state index in [2.05, 4.69) is 34.6 Å². The Bertz CT molecular complexity index is 1450. The van der Waals surface area contributed by atoms with E-state index in [1.807, 2.05) is 11.8 Å². The molecule has 196 valence electrons. The number of nitrogens with one attached hydrogen (secondary N) is 1. The molecule has 1 amide bonds. The van der Waals surface area contributed by atoms with Crippen molar-refractivity contribution in [3.63, 3.8) is 0 Å². The number of carbonyl (C=O) groups is 2. The lowest BCUT2D eigenvalue weighted by atomic mass is 10.1. The van der Waals surface area contributed by atoms with Crippen LogP contribution in [0.5, 0.6) is 0 Å². The summed E-state index contributed by atoms with van der Waals surface area (Å²) >= 11 is 0. The molecular weight excluding hydrogens is 489 g/mol. The van der Waals surface area contributed by atoms with E-state index in [0.717, 1.165) is 5.56 Å². The van der Waals surface area contributed by atoms with Gasteiger partial charge >= 0.3 is 5.97 Å². The van der Waals surface area contributed by atoms with Crippen molar-refractivity contribution in [3.05, 3.63) is 77.4 Å². The first-order valence-corrected chi connectivity index (χ1v) is 12.3. The van der Waals surface area contributed by atoms with E-state index >= 15 is 0 Å². The smallest absolute Gasteiger partial charge is 0.325 e. The van der Waals surface area contributed by atoms with Gasteiger partial charge in [-0.25, -0.2) is 9.37 Å². The number of hydrogen-bond donors (Lipinski definition) is 1. The highest BCUT2D eigenvalue weighted by molar-refractivity contribution is 5.94. The van der Waals surface area contributed by atoms with Crippen LogP contribution in [0, 0.1) is 12.7 Å². The first-order valence-electron chi connectivity index (χ1n) is 12.3. The lowest BCUT2D eigenvalue weighted by Crippen LogP contribution is -2.49. The van der Waals surface area contributed by atoms with E-state index < -0.39 is 5.97 Å². The Morgan fingerprint density at radius 2 is 1.71 bits per heavy atom. The highest BCUT2D eigenvalue weighted by atomic mass is 19.1. The maximum atomic E-state index is 13.3. The number of amides is 1. The number of esters is 1. The minimum Gasteiger partial charge on any atom is -0.468 e. The molecule has 1 aliphatic rings. The lowest BCUT2D eigenvalue weighted by Gasteiger charge is -2.35. The van der Waals surface area contributed by atoms with Crippen LogP contribution >= 0.6 is 0 Å². The molecule has 38 heavy (non-hydrogen) atoms. The molecule has 1 saturated heterocycles. The molecule has 0 radical (unpaired) electrons. The second-order valence-electron chi connectivity index (χ2n) is 9.12. The number of ether oxygens (including phenoxy) is 1. The Morgan fingerprint density at radius 3 is 2.39 bits per heavy atom. The zero-order valence-electron chi connectivity index (χ0n) is 21.2. The summed E-state index contributed by atoms with van der Waals surface area (Å²) in [5, 5.41) is 3.37. The number of imidazole rings is 1. The van der Waals surface area contributed by atoms with E-state index in [1.54, 1.807) is 15.8 Å². The fourth-order valence-electron chi connectivity index (χ4n) is 4.29. The molecule has 3 heterocycles. The average molecular weight is 518 g/mol. The number of hydrogen-bond acceptors (Lipinski definition) is 8. The van der Waals surface area contributed by atoms with Crippen LogP contribution in [-0.2, 0) is 22.6 Å². The Labute approximate surface area is 219 Å². The SMILES string of the molecule is COC(=O)Cn1cnc2c(NCc3ccc(C)cc3)nc(N3CCN(C(=O)c4ccc(F)cc4)CC3)nc21. The Hall–Kier alpha value is -4.54. The number of carbonyl (C=O) groups excluding carboxylic acids is 2. The van der Waals surface area contributed by atoms with Gasteiger partial charge in [0, 0.05) is 38.3 Å². The molecule has 4 aromatic rings. The number of benzene rings is 2. The molecule has 1 N–H and O–H groups in total. The van der Waals surface area contributed by atoms with E-state index in [-0.39, 0.29) is 18.3 Å². The predicted molar refractivity (Wildman–Crippen MR) is 140 cm³/mol. The Balaban J connectivity index is 1.38. The number of halogens is 1. The summed E-state index contributed by atoms with van der Waals surface area (Å²) in [6, 6.07) is 13.8. The predicted octanol–water partition coefficient (Wildman–Crippen LogP) is 3.02. The monoisotopic (exact) mass is 517 g/mol. The summed E-state index contributed by atoms with van der Waals surface area (Å²) < 4.78 is 19.7. The van der Waals surface area contributed by atoms with Gasteiger partial charge in [-0.15, -0.1) is 0 Å². The topological polar surface area (TPSA) is 105 Å². The summed E-state index contributed by atoms with van der Waals surface area (Å²) in [5.74, 6) is 0.102. The molecular formula is C27H28FN7O3. The summed E-state index contributed by atoms with van der Waals surface area (Å²) in [4.78, 5) is 42.5. The Morgan fingerprint density at radius 1 is 1.00 bits per heavy atom. The number of aromatic nitrogens is 4. The van der Waals surface area contributed by atoms with Gasteiger partial charge in [0.15, 0.2) is 17.0 Å². The molecule has 0 bridgehead atoms. The summed E-state index contributed by atoms with van der Waals surface area (Å²) in [6.07, 6.45) is 1.55. The van der Waals surface area contributed by atoms with E-state index in [0.29, 0.717) is 61.2 Å². The van der Waals surface area contributed by atoms with Crippen molar-refractivity contribution in [3.8, 4) is 0 Å². The number of fused-ring (bicyclic) bond motifs is 1. The van der Waals surface area contributed by atoms with Crippen molar-refractivity contribution in [2.45, 2.75) is 20.0 Å². The van der Waals surface area contributed by atoms with Gasteiger partial charge in [0.05, 0.1) is 13.4 Å². The van der Waals surface area contributed by atoms with Gasteiger partial charge in [-0.3, -0.25) is 9.59 Å². The summed E-state index contributed by atoms with van der Waals surface area (Å²) in [7, 11) is 1.34. The molecule has 2 aromatic carbocycles. The number of rotatable bonds is 7. The second-order valence-corrected chi connectivity index (χ2v) is 9.12. The van der Waals surface area contributed by atoms with Crippen LogP contribution in [0.15, 0.2) is 54.9 Å². The number of nitrogens with zero attached hydrogens (tertiary/aromatic N) is 6. The van der Waals surface area contributed by atoms with Crippen LogP contribution in [0.1, 0.15) is 21.5 Å². The average Bonchev–Trinajstić information content (AvgIpc) is 3.35. The standard InChI is InChI=1S/C27H28FN7O3/c1-18-3-5-19(6-4-18)15-29-24-23-25(35(17-30-23)16-22(36)38-2)32-27(31-24)34-13-11-33(12-14-34)26(37)20-7-9-21(28)10-8-20/h3-10,17H,11-16H2,1-2H3,(H,29,31,32). The van der Waals surface area contributed by atoms with Crippen molar-refractivity contribution in [2.24, 2.45) is 0 Å². The van der Waals surface area contributed by atoms with Crippen molar-refractivity contribution < 1.29 is 18.7 Å². The van der Waals surface area contributed by atoms with Crippen LogP contribution in [0.4, 0.5) is 16.2 Å². The fraction of sp³-hybridized carbons (Fsp3) is 0.296. The second kappa shape index (κ2) is 10.8. The Kier molecular flexibility index (Phi) is 7.16. The normalized spacial score (nSPS) is 13.6. The number of piperazine rings is 1. The third-order valence-corrected chi connectivity index (χ3v) is 6.50. The van der Waals surface area contributed by atoms with Crippen molar-refractivity contribution in [1.82, 2.24) is 24.4 Å². The summed E-state index contributed by atoms with van der Waals surface area (Å²) in [6.45, 7) is 4.51. The highest BCUT2D eigenvalue weighted by Gasteiger charge is 2.25. The molecule has 1 fully saturated rings. The van der Waals surface area contributed by atoms with Crippen LogP contribution in [0.2, 0.25) is 0 Å². The molecule has 0 unspecified atom stereocenters. The van der Waals surface area contributed by atoms with E-state index in [9.17, 15) is 14.0 Å². The molecule has 0 aliphatic carbocycles. The maximum Gasteiger partial charge on any atom is 0.325 e. The zero-order valence-corrected chi connectivity index (χ0v) is 21.2. The van der Waals surface area contributed by atoms with E-state index in [1.165, 1.54) is 36.9 Å². The van der Waals surface area contributed by atoms with Crippen molar-refractivity contribution >= 4 is 34.8 Å². The largest absolute Gasteiger partial charge is 0.468 e. The summed E-state index contributed by atoms with van der Waals surface area (Å²) in [5.41, 5.74) is 3.78.